The molecule has 4 atom stereocenters. The van der Waals surface area contributed by atoms with E-state index in [1.54, 1.807) is 0 Å². The van der Waals surface area contributed by atoms with Gasteiger partial charge in [0, 0.05) is 17.4 Å². The van der Waals surface area contributed by atoms with Crippen molar-refractivity contribution in [2.75, 3.05) is 13.2 Å². The molecule has 2 rings (SSSR count). The van der Waals surface area contributed by atoms with Gasteiger partial charge in [0.25, 0.3) is 0 Å². The highest BCUT2D eigenvalue weighted by Gasteiger charge is 2.37. The van der Waals surface area contributed by atoms with Crippen LogP contribution in [0.3, 0.4) is 0 Å². The lowest BCUT2D eigenvalue weighted by Crippen LogP contribution is -2.33. The molecule has 0 unspecified atom stereocenters. The molecule has 0 amide bonds. The molecule has 1 aromatic carbocycles. The summed E-state index contributed by atoms with van der Waals surface area (Å²) >= 11 is 0. The van der Waals surface area contributed by atoms with Crippen molar-refractivity contribution >= 4 is 0 Å². The summed E-state index contributed by atoms with van der Waals surface area (Å²) < 4.78 is 5.82. The second-order valence-electron chi connectivity index (χ2n) is 5.44. The molecular weight excluding hydrogens is 258 g/mol. The normalized spacial score (nSPS) is 25.3. The summed E-state index contributed by atoms with van der Waals surface area (Å²) in [6.07, 6.45) is 1.87. The van der Waals surface area contributed by atoms with Gasteiger partial charge in [0.05, 0.1) is 18.1 Å². The quantitative estimate of drug-likeness (QED) is 0.640. The van der Waals surface area contributed by atoms with Crippen molar-refractivity contribution < 1.29 is 14.8 Å². The molecule has 1 saturated heterocycles. The topological polar surface area (TPSA) is 72.6 Å². The summed E-state index contributed by atoms with van der Waals surface area (Å²) in [5.74, 6) is -0.542. The van der Waals surface area contributed by atoms with Gasteiger partial charge in [-0.05, 0) is 25.3 Å². The van der Waals surface area contributed by atoms with E-state index < -0.39 is 0 Å². The Bertz CT molecular complexity index is 437. The van der Waals surface area contributed by atoms with Gasteiger partial charge >= 0.3 is 0 Å². The first kappa shape index (κ1) is 14.9. The largest absolute Gasteiger partial charge is 0.396 e. The molecule has 0 saturated carbocycles. The molecule has 0 aromatic heterocycles. The number of aliphatic hydroxyl groups excluding tert-OH is 1. The average molecular weight is 279 g/mol. The molecule has 0 spiro atoms. The van der Waals surface area contributed by atoms with E-state index in [-0.39, 0.29) is 42.1 Å². The molecule has 20 heavy (non-hydrogen) atoms. The fourth-order valence-corrected chi connectivity index (χ4v) is 3.00. The number of ether oxygens (including phenoxy) is 1. The van der Waals surface area contributed by atoms with E-state index in [9.17, 15) is 15.2 Å². The molecule has 0 radical (unpaired) electrons. The van der Waals surface area contributed by atoms with Crippen LogP contribution in [0.1, 0.15) is 31.2 Å². The molecule has 1 heterocycles. The van der Waals surface area contributed by atoms with Crippen molar-refractivity contribution in [2.45, 2.75) is 37.9 Å². The van der Waals surface area contributed by atoms with Crippen LogP contribution in [0, 0.1) is 16.0 Å². The zero-order chi connectivity index (χ0) is 14.5. The zero-order valence-corrected chi connectivity index (χ0v) is 11.6. The first-order valence-electron chi connectivity index (χ1n) is 7.05. The minimum absolute atomic E-state index is 0.0925. The third kappa shape index (κ3) is 3.55. The lowest BCUT2D eigenvalue weighted by molar-refractivity contribution is -0.485. The lowest BCUT2D eigenvalue weighted by atomic mass is 9.82. The molecule has 1 aliphatic rings. The summed E-state index contributed by atoms with van der Waals surface area (Å²) in [4.78, 5) is 10.7. The van der Waals surface area contributed by atoms with Crippen LogP contribution in [0.2, 0.25) is 0 Å². The van der Waals surface area contributed by atoms with E-state index in [0.29, 0.717) is 0 Å². The molecule has 1 aliphatic heterocycles. The number of hydrogen-bond donors (Lipinski definition) is 1. The van der Waals surface area contributed by atoms with Crippen LogP contribution >= 0.6 is 0 Å². The number of rotatable bonds is 6. The molecule has 5 heteroatoms. The molecule has 1 fully saturated rings. The van der Waals surface area contributed by atoms with Gasteiger partial charge in [-0.2, -0.15) is 0 Å². The van der Waals surface area contributed by atoms with Gasteiger partial charge in [0.1, 0.15) is 0 Å². The van der Waals surface area contributed by atoms with E-state index in [1.165, 1.54) is 0 Å². The Morgan fingerprint density at radius 2 is 2.10 bits per heavy atom. The maximum absolute atomic E-state index is 11.0. The van der Waals surface area contributed by atoms with Crippen molar-refractivity contribution in [3.05, 3.63) is 46.0 Å². The van der Waals surface area contributed by atoms with Crippen molar-refractivity contribution in [1.82, 2.24) is 0 Å². The number of hydrogen-bond acceptors (Lipinski definition) is 4. The van der Waals surface area contributed by atoms with Crippen LogP contribution in [0.25, 0.3) is 0 Å². The van der Waals surface area contributed by atoms with E-state index in [2.05, 4.69) is 0 Å². The molecule has 110 valence electrons. The fourth-order valence-electron chi connectivity index (χ4n) is 3.00. The second-order valence-corrected chi connectivity index (χ2v) is 5.44. The molecule has 1 N–H and O–H groups in total. The molecule has 0 bridgehead atoms. The van der Waals surface area contributed by atoms with Crippen LogP contribution in [0.4, 0.5) is 0 Å². The van der Waals surface area contributed by atoms with E-state index in [1.807, 2.05) is 37.3 Å². The van der Waals surface area contributed by atoms with Gasteiger partial charge in [-0.1, -0.05) is 30.3 Å². The van der Waals surface area contributed by atoms with Crippen LogP contribution in [-0.2, 0) is 4.74 Å². The van der Waals surface area contributed by atoms with Crippen molar-refractivity contribution in [3.8, 4) is 0 Å². The van der Waals surface area contributed by atoms with Gasteiger partial charge in [-0.15, -0.1) is 0 Å². The first-order chi connectivity index (χ1) is 9.61. The van der Waals surface area contributed by atoms with Gasteiger partial charge in [-0.25, -0.2) is 0 Å². The SMILES string of the molecule is C[C@H]1CC[C@@H]([C@@H](CO)[C@H](C[N+](=O)[O-])c2ccccc2)O1. The average Bonchev–Trinajstić information content (AvgIpc) is 2.85. The minimum Gasteiger partial charge on any atom is -0.396 e. The maximum atomic E-state index is 11.0. The van der Waals surface area contributed by atoms with E-state index >= 15 is 0 Å². The van der Waals surface area contributed by atoms with Crippen LogP contribution < -0.4 is 0 Å². The van der Waals surface area contributed by atoms with Gasteiger partial charge in [-0.3, -0.25) is 10.1 Å². The zero-order valence-electron chi connectivity index (χ0n) is 11.6. The van der Waals surface area contributed by atoms with Crippen molar-refractivity contribution in [1.29, 1.82) is 0 Å². The molecular formula is C15H21NO4. The highest BCUT2D eigenvalue weighted by molar-refractivity contribution is 5.21. The van der Waals surface area contributed by atoms with Crippen LogP contribution in [-0.4, -0.2) is 35.4 Å². The third-order valence-electron chi connectivity index (χ3n) is 4.04. The van der Waals surface area contributed by atoms with E-state index in [4.69, 9.17) is 4.74 Å². The Balaban J connectivity index is 2.22. The third-order valence-corrected chi connectivity index (χ3v) is 4.04. The second kappa shape index (κ2) is 6.81. The monoisotopic (exact) mass is 279 g/mol. The Morgan fingerprint density at radius 3 is 2.60 bits per heavy atom. The van der Waals surface area contributed by atoms with E-state index in [0.717, 1.165) is 18.4 Å². The van der Waals surface area contributed by atoms with Crippen LogP contribution in [0.5, 0.6) is 0 Å². The minimum atomic E-state index is -0.313. The number of aliphatic hydroxyl groups is 1. The van der Waals surface area contributed by atoms with Crippen molar-refractivity contribution in [3.63, 3.8) is 0 Å². The molecule has 5 nitrogen and oxygen atoms in total. The summed E-state index contributed by atoms with van der Waals surface area (Å²) in [5, 5.41) is 20.7. The van der Waals surface area contributed by atoms with Crippen molar-refractivity contribution in [2.24, 2.45) is 5.92 Å². The summed E-state index contributed by atoms with van der Waals surface area (Å²) in [6.45, 7) is 1.73. The number of nitro groups is 1. The Kier molecular flexibility index (Phi) is 5.09. The first-order valence-corrected chi connectivity index (χ1v) is 7.05. The number of benzene rings is 1. The van der Waals surface area contributed by atoms with Gasteiger partial charge in [0.2, 0.25) is 6.54 Å². The lowest BCUT2D eigenvalue weighted by Gasteiger charge is -2.28. The highest BCUT2D eigenvalue weighted by atomic mass is 16.6. The Hall–Kier alpha value is -1.46. The summed E-state index contributed by atoms with van der Waals surface area (Å²) in [7, 11) is 0. The van der Waals surface area contributed by atoms with Gasteiger partial charge in [0.15, 0.2) is 0 Å². The smallest absolute Gasteiger partial charge is 0.211 e. The predicted octanol–water partition coefficient (Wildman–Crippen LogP) is 2.22. The fraction of sp³-hybridized carbons (Fsp3) is 0.600. The Labute approximate surface area is 118 Å². The Morgan fingerprint density at radius 1 is 1.40 bits per heavy atom. The van der Waals surface area contributed by atoms with Gasteiger partial charge < -0.3 is 9.84 Å². The molecule has 1 aromatic rings. The number of nitrogens with zero attached hydrogens (tertiary/aromatic N) is 1. The van der Waals surface area contributed by atoms with Crippen LogP contribution in [0.15, 0.2) is 30.3 Å². The summed E-state index contributed by atoms with van der Waals surface area (Å²) in [5.41, 5.74) is 0.895. The standard InChI is InChI=1S/C15H21NO4/c1-11-7-8-15(20-11)14(10-17)13(9-16(18)19)12-5-3-2-4-6-12/h2-6,11,13-15,17H,7-10H2,1H3/t11-,13+,14-,15-/m0/s1. The maximum Gasteiger partial charge on any atom is 0.211 e. The predicted molar refractivity (Wildman–Crippen MR) is 75.2 cm³/mol. The highest BCUT2D eigenvalue weighted by Crippen LogP contribution is 2.34. The summed E-state index contributed by atoms with van der Waals surface area (Å²) in [6, 6.07) is 9.39. The molecule has 0 aliphatic carbocycles.